The standard InChI is InChI=1S/C12H9BrClFOS/c13-9-3-4-17-12(9)6-11(16)8-2-1-7(15)5-10(8)14/h1-5,11,16H,6H2. The molecule has 1 unspecified atom stereocenters. The van der Waals surface area contributed by atoms with E-state index in [-0.39, 0.29) is 5.02 Å². The predicted molar refractivity (Wildman–Crippen MR) is 72.1 cm³/mol. The zero-order valence-electron chi connectivity index (χ0n) is 8.66. The van der Waals surface area contributed by atoms with Crippen molar-refractivity contribution in [3.63, 3.8) is 0 Å². The van der Waals surface area contributed by atoms with Gasteiger partial charge in [0, 0.05) is 20.8 Å². The average molecular weight is 336 g/mol. The normalized spacial score (nSPS) is 12.7. The second-order valence-electron chi connectivity index (χ2n) is 3.58. The van der Waals surface area contributed by atoms with Crippen molar-refractivity contribution in [2.45, 2.75) is 12.5 Å². The minimum absolute atomic E-state index is 0.255. The highest BCUT2D eigenvalue weighted by Crippen LogP contribution is 2.31. The number of hydrogen-bond acceptors (Lipinski definition) is 2. The van der Waals surface area contributed by atoms with E-state index in [9.17, 15) is 9.50 Å². The van der Waals surface area contributed by atoms with E-state index in [1.165, 1.54) is 18.2 Å². The fourth-order valence-electron chi connectivity index (χ4n) is 1.53. The van der Waals surface area contributed by atoms with E-state index in [2.05, 4.69) is 15.9 Å². The van der Waals surface area contributed by atoms with Gasteiger partial charge in [0.1, 0.15) is 5.82 Å². The van der Waals surface area contributed by atoms with E-state index in [1.54, 1.807) is 11.3 Å². The molecule has 1 aromatic carbocycles. The molecule has 0 radical (unpaired) electrons. The Morgan fingerprint density at radius 3 is 2.76 bits per heavy atom. The second kappa shape index (κ2) is 5.48. The van der Waals surface area contributed by atoms with Crippen LogP contribution in [0.3, 0.4) is 0 Å². The Morgan fingerprint density at radius 2 is 2.18 bits per heavy atom. The molecule has 0 aliphatic rings. The van der Waals surface area contributed by atoms with Crippen LogP contribution in [0, 0.1) is 5.82 Å². The molecule has 0 fully saturated rings. The van der Waals surface area contributed by atoms with Crippen molar-refractivity contribution in [1.29, 1.82) is 0 Å². The lowest BCUT2D eigenvalue weighted by molar-refractivity contribution is 0.179. The zero-order valence-corrected chi connectivity index (χ0v) is 11.8. The molecule has 90 valence electrons. The molecule has 1 nitrogen and oxygen atoms in total. The fraction of sp³-hybridized carbons (Fsp3) is 0.167. The van der Waals surface area contributed by atoms with Gasteiger partial charge in [0.05, 0.1) is 6.10 Å². The number of aliphatic hydroxyl groups is 1. The molecule has 1 N–H and O–H groups in total. The average Bonchev–Trinajstić information content (AvgIpc) is 2.64. The van der Waals surface area contributed by atoms with Crippen LogP contribution in [0.4, 0.5) is 4.39 Å². The highest BCUT2D eigenvalue weighted by molar-refractivity contribution is 9.10. The van der Waals surface area contributed by atoms with Crippen LogP contribution in [0.25, 0.3) is 0 Å². The first-order chi connectivity index (χ1) is 8.08. The summed E-state index contributed by atoms with van der Waals surface area (Å²) in [5, 5.41) is 12.3. The summed E-state index contributed by atoms with van der Waals surface area (Å²) in [5.74, 6) is -0.400. The molecule has 2 aromatic rings. The number of aliphatic hydroxyl groups excluding tert-OH is 1. The maximum Gasteiger partial charge on any atom is 0.124 e. The van der Waals surface area contributed by atoms with Crippen LogP contribution in [0.1, 0.15) is 16.5 Å². The van der Waals surface area contributed by atoms with E-state index < -0.39 is 11.9 Å². The van der Waals surface area contributed by atoms with Gasteiger partial charge in [-0.1, -0.05) is 17.7 Å². The molecule has 17 heavy (non-hydrogen) atoms. The van der Waals surface area contributed by atoms with Gasteiger partial charge in [0.2, 0.25) is 0 Å². The molecular formula is C12H9BrClFOS. The number of rotatable bonds is 3. The smallest absolute Gasteiger partial charge is 0.124 e. The molecular weight excluding hydrogens is 327 g/mol. The van der Waals surface area contributed by atoms with E-state index in [0.717, 1.165) is 9.35 Å². The largest absolute Gasteiger partial charge is 0.388 e. The molecule has 2 rings (SSSR count). The zero-order chi connectivity index (χ0) is 12.4. The van der Waals surface area contributed by atoms with Crippen molar-refractivity contribution in [3.8, 4) is 0 Å². The van der Waals surface area contributed by atoms with Gasteiger partial charge in [-0.3, -0.25) is 0 Å². The summed E-state index contributed by atoms with van der Waals surface area (Å²) in [6.45, 7) is 0. The molecule has 0 bridgehead atoms. The summed E-state index contributed by atoms with van der Waals surface area (Å²) in [5.41, 5.74) is 0.549. The van der Waals surface area contributed by atoms with Crippen LogP contribution in [0.15, 0.2) is 34.1 Å². The Labute approximate surface area is 116 Å². The summed E-state index contributed by atoms with van der Waals surface area (Å²) < 4.78 is 13.9. The van der Waals surface area contributed by atoms with Gasteiger partial charge in [-0.25, -0.2) is 4.39 Å². The Balaban J connectivity index is 2.20. The topological polar surface area (TPSA) is 20.2 Å². The lowest BCUT2D eigenvalue weighted by atomic mass is 10.1. The molecule has 0 amide bonds. The quantitative estimate of drug-likeness (QED) is 0.870. The van der Waals surface area contributed by atoms with Gasteiger partial charge in [-0.2, -0.15) is 0 Å². The van der Waals surface area contributed by atoms with Crippen molar-refractivity contribution in [2.75, 3.05) is 0 Å². The molecule has 1 heterocycles. The Morgan fingerprint density at radius 1 is 1.41 bits per heavy atom. The number of hydrogen-bond donors (Lipinski definition) is 1. The highest BCUT2D eigenvalue weighted by Gasteiger charge is 2.15. The molecule has 0 saturated heterocycles. The van der Waals surface area contributed by atoms with Crippen LogP contribution in [0.5, 0.6) is 0 Å². The van der Waals surface area contributed by atoms with Crippen LogP contribution < -0.4 is 0 Å². The SMILES string of the molecule is OC(Cc1sccc1Br)c1ccc(F)cc1Cl. The summed E-state index contributed by atoms with van der Waals surface area (Å²) in [6.07, 6.45) is -0.262. The van der Waals surface area contributed by atoms with Crippen molar-refractivity contribution < 1.29 is 9.50 Å². The monoisotopic (exact) mass is 334 g/mol. The summed E-state index contributed by atoms with van der Waals surface area (Å²) >= 11 is 10.9. The molecule has 1 aromatic heterocycles. The summed E-state index contributed by atoms with van der Waals surface area (Å²) in [4.78, 5) is 1.04. The maximum absolute atomic E-state index is 12.9. The van der Waals surface area contributed by atoms with Gasteiger partial charge in [-0.15, -0.1) is 11.3 Å². The first-order valence-corrected chi connectivity index (χ1v) is 6.98. The maximum atomic E-state index is 12.9. The van der Waals surface area contributed by atoms with Gasteiger partial charge < -0.3 is 5.11 Å². The molecule has 0 aliphatic heterocycles. The minimum Gasteiger partial charge on any atom is -0.388 e. The number of halogens is 3. The van der Waals surface area contributed by atoms with Gasteiger partial charge in [0.15, 0.2) is 0 Å². The Kier molecular flexibility index (Phi) is 4.20. The van der Waals surface area contributed by atoms with Crippen molar-refractivity contribution >= 4 is 38.9 Å². The predicted octanol–water partition coefficient (Wildman–Crippen LogP) is 4.58. The molecule has 0 aliphatic carbocycles. The van der Waals surface area contributed by atoms with Crippen molar-refractivity contribution in [2.24, 2.45) is 0 Å². The van der Waals surface area contributed by atoms with Gasteiger partial charge in [0.25, 0.3) is 0 Å². The second-order valence-corrected chi connectivity index (χ2v) is 5.84. The summed E-state index contributed by atoms with van der Waals surface area (Å²) in [6, 6.07) is 5.96. The molecule has 5 heteroatoms. The van der Waals surface area contributed by atoms with Crippen LogP contribution >= 0.6 is 38.9 Å². The third kappa shape index (κ3) is 3.07. The van der Waals surface area contributed by atoms with E-state index in [4.69, 9.17) is 11.6 Å². The van der Waals surface area contributed by atoms with Gasteiger partial charge in [-0.05, 0) is 45.1 Å². The van der Waals surface area contributed by atoms with Crippen LogP contribution in [-0.2, 0) is 6.42 Å². The Bertz CT molecular complexity index is 529. The third-order valence-corrected chi connectivity index (χ3v) is 4.67. The highest BCUT2D eigenvalue weighted by atomic mass is 79.9. The van der Waals surface area contributed by atoms with E-state index in [1.807, 2.05) is 11.4 Å². The minimum atomic E-state index is -0.724. The van der Waals surface area contributed by atoms with Crippen LogP contribution in [0.2, 0.25) is 5.02 Å². The van der Waals surface area contributed by atoms with Crippen LogP contribution in [-0.4, -0.2) is 5.11 Å². The lowest BCUT2D eigenvalue weighted by Gasteiger charge is -2.12. The number of thiophene rings is 1. The molecule has 0 saturated carbocycles. The first kappa shape index (κ1) is 13.0. The molecule has 0 spiro atoms. The third-order valence-electron chi connectivity index (χ3n) is 2.39. The molecule has 1 atom stereocenters. The van der Waals surface area contributed by atoms with Crippen molar-refractivity contribution in [1.82, 2.24) is 0 Å². The van der Waals surface area contributed by atoms with E-state index >= 15 is 0 Å². The fourth-order valence-corrected chi connectivity index (χ4v) is 3.37. The number of benzene rings is 1. The lowest BCUT2D eigenvalue weighted by Crippen LogP contribution is -2.02. The van der Waals surface area contributed by atoms with Crippen molar-refractivity contribution in [3.05, 3.63) is 55.4 Å². The Hall–Kier alpha value is -0.420. The van der Waals surface area contributed by atoms with E-state index in [0.29, 0.717) is 12.0 Å². The summed E-state index contributed by atoms with van der Waals surface area (Å²) in [7, 11) is 0. The van der Waals surface area contributed by atoms with Gasteiger partial charge >= 0.3 is 0 Å². The first-order valence-electron chi connectivity index (χ1n) is 4.93.